The molecule has 1 unspecified atom stereocenters. The predicted molar refractivity (Wildman–Crippen MR) is 90.8 cm³/mol. The van der Waals surface area contributed by atoms with E-state index in [1.165, 1.54) is 22.0 Å². The van der Waals surface area contributed by atoms with Crippen LogP contribution in [0.25, 0.3) is 10.9 Å². The minimum Gasteiger partial charge on any atom is -0.481 e. The molecule has 2 aliphatic rings. The van der Waals surface area contributed by atoms with E-state index in [1.807, 2.05) is 0 Å². The molecule has 4 heteroatoms. The number of carboxylic acid groups (broad SMARTS) is 1. The van der Waals surface area contributed by atoms with Crippen LogP contribution in [0.1, 0.15) is 37.3 Å². The number of likely N-dealkylation sites (N-methyl/N-ethyl adjacent to an activating group) is 1. The summed E-state index contributed by atoms with van der Waals surface area (Å²) in [7, 11) is 0. The highest BCUT2D eigenvalue weighted by Crippen LogP contribution is 2.45. The maximum atomic E-state index is 11.6. The van der Waals surface area contributed by atoms with E-state index in [9.17, 15) is 9.90 Å². The van der Waals surface area contributed by atoms with Gasteiger partial charge in [0, 0.05) is 42.1 Å². The lowest BCUT2D eigenvalue weighted by atomic mass is 9.72. The molecule has 1 aromatic heterocycles. The average Bonchev–Trinajstić information content (AvgIpc) is 2.93. The van der Waals surface area contributed by atoms with E-state index in [1.54, 1.807) is 0 Å². The average molecular weight is 312 g/mol. The van der Waals surface area contributed by atoms with Gasteiger partial charge in [-0.2, -0.15) is 0 Å². The van der Waals surface area contributed by atoms with Gasteiger partial charge in [-0.25, -0.2) is 0 Å². The number of nitrogens with zero attached hydrogens (tertiary/aromatic N) is 2. The fourth-order valence-corrected chi connectivity index (χ4v) is 4.78. The first-order valence-electron chi connectivity index (χ1n) is 8.71. The second-order valence-corrected chi connectivity index (χ2v) is 6.92. The highest BCUT2D eigenvalue weighted by Gasteiger charge is 2.42. The highest BCUT2D eigenvalue weighted by atomic mass is 16.4. The van der Waals surface area contributed by atoms with Crippen molar-refractivity contribution in [3.05, 3.63) is 35.5 Å². The van der Waals surface area contributed by atoms with E-state index in [0.29, 0.717) is 18.5 Å². The lowest BCUT2D eigenvalue weighted by molar-refractivity contribution is -0.144. The van der Waals surface area contributed by atoms with Gasteiger partial charge in [-0.1, -0.05) is 19.1 Å². The van der Waals surface area contributed by atoms with E-state index < -0.39 is 5.97 Å². The number of hydrogen-bond acceptors (Lipinski definition) is 2. The van der Waals surface area contributed by atoms with Crippen molar-refractivity contribution in [1.29, 1.82) is 0 Å². The molecule has 1 aromatic carbocycles. The molecule has 1 fully saturated rings. The lowest BCUT2D eigenvalue weighted by Gasteiger charge is -2.45. The lowest BCUT2D eigenvalue weighted by Crippen LogP contribution is -2.51. The van der Waals surface area contributed by atoms with Gasteiger partial charge in [0.2, 0.25) is 0 Å². The fraction of sp³-hybridized carbons (Fsp3) is 0.526. The van der Waals surface area contributed by atoms with Crippen LogP contribution < -0.4 is 0 Å². The van der Waals surface area contributed by atoms with E-state index >= 15 is 0 Å². The van der Waals surface area contributed by atoms with Crippen molar-refractivity contribution in [1.82, 2.24) is 9.47 Å². The molecule has 1 aliphatic carbocycles. The zero-order chi connectivity index (χ0) is 16.1. The monoisotopic (exact) mass is 312 g/mol. The van der Waals surface area contributed by atoms with Crippen LogP contribution in [0.4, 0.5) is 0 Å². The molecule has 4 nitrogen and oxygen atoms in total. The van der Waals surface area contributed by atoms with Gasteiger partial charge in [0.1, 0.15) is 0 Å². The van der Waals surface area contributed by atoms with E-state index in [2.05, 4.69) is 47.7 Å². The van der Waals surface area contributed by atoms with Gasteiger partial charge in [0.05, 0.1) is 5.92 Å². The van der Waals surface area contributed by atoms with Crippen molar-refractivity contribution in [2.45, 2.75) is 45.2 Å². The Kier molecular flexibility index (Phi) is 3.45. The van der Waals surface area contributed by atoms with Gasteiger partial charge in [-0.05, 0) is 43.5 Å². The number of benzene rings is 1. The van der Waals surface area contributed by atoms with Crippen LogP contribution in [-0.2, 0) is 17.8 Å². The van der Waals surface area contributed by atoms with Crippen LogP contribution in [-0.4, -0.2) is 39.7 Å². The van der Waals surface area contributed by atoms with E-state index in [4.69, 9.17) is 0 Å². The number of carbonyl (C=O) groups is 1. The number of likely N-dealkylation sites (tertiary alicyclic amines) is 1. The number of aryl methyl sites for hydroxylation is 1. The molecule has 0 radical (unpaired) electrons. The first-order valence-corrected chi connectivity index (χ1v) is 8.71. The Morgan fingerprint density at radius 2 is 2.13 bits per heavy atom. The van der Waals surface area contributed by atoms with Crippen molar-refractivity contribution < 1.29 is 9.90 Å². The smallest absolute Gasteiger partial charge is 0.307 e. The molecule has 0 spiro atoms. The van der Waals surface area contributed by atoms with Crippen molar-refractivity contribution in [3.8, 4) is 0 Å². The van der Waals surface area contributed by atoms with Crippen molar-refractivity contribution in [2.75, 3.05) is 13.1 Å². The summed E-state index contributed by atoms with van der Waals surface area (Å²) in [6.45, 7) is 6.91. The summed E-state index contributed by atoms with van der Waals surface area (Å²) in [6, 6.07) is 7.00. The normalized spacial score (nSPS) is 27.1. The molecule has 2 heterocycles. The third-order valence-electron chi connectivity index (χ3n) is 5.87. The van der Waals surface area contributed by atoms with Crippen LogP contribution in [0, 0.1) is 5.92 Å². The summed E-state index contributed by atoms with van der Waals surface area (Å²) < 4.78 is 2.33. The molecule has 0 bridgehead atoms. The molecule has 0 amide bonds. The molecule has 3 atom stereocenters. The molecule has 1 N–H and O–H groups in total. The third kappa shape index (κ3) is 2.12. The molecule has 4 rings (SSSR count). The fourth-order valence-electron chi connectivity index (χ4n) is 4.78. The minimum absolute atomic E-state index is 0.249. The second-order valence-electron chi connectivity index (χ2n) is 6.92. The van der Waals surface area contributed by atoms with Gasteiger partial charge < -0.3 is 9.67 Å². The second kappa shape index (κ2) is 5.38. The maximum absolute atomic E-state index is 11.6. The molecule has 1 aliphatic heterocycles. The maximum Gasteiger partial charge on any atom is 0.307 e. The Morgan fingerprint density at radius 1 is 1.30 bits per heavy atom. The first-order chi connectivity index (χ1) is 11.1. The molecule has 122 valence electrons. The van der Waals surface area contributed by atoms with Gasteiger partial charge in [0.15, 0.2) is 0 Å². The van der Waals surface area contributed by atoms with Gasteiger partial charge >= 0.3 is 5.97 Å². The Hall–Kier alpha value is -1.81. The van der Waals surface area contributed by atoms with Gasteiger partial charge in [-0.15, -0.1) is 0 Å². The van der Waals surface area contributed by atoms with Crippen LogP contribution in [0.2, 0.25) is 0 Å². The summed E-state index contributed by atoms with van der Waals surface area (Å²) in [5.74, 6) is -0.555. The van der Waals surface area contributed by atoms with Crippen LogP contribution >= 0.6 is 0 Å². The number of carboxylic acids is 1. The Balaban J connectivity index is 1.86. The van der Waals surface area contributed by atoms with Gasteiger partial charge in [-0.3, -0.25) is 9.69 Å². The highest BCUT2D eigenvalue weighted by molar-refractivity contribution is 5.89. The van der Waals surface area contributed by atoms with Crippen LogP contribution in [0.5, 0.6) is 0 Å². The number of aliphatic carboxylic acids is 1. The molecule has 1 saturated heterocycles. The third-order valence-corrected chi connectivity index (χ3v) is 5.87. The summed E-state index contributed by atoms with van der Waals surface area (Å²) in [5, 5.41) is 10.9. The molecule has 2 aromatic rings. The Bertz CT molecular complexity index is 764. The molecular formula is C19H24N2O2. The molecule has 0 saturated carbocycles. The molecular weight excluding hydrogens is 288 g/mol. The van der Waals surface area contributed by atoms with Crippen molar-refractivity contribution >= 4 is 16.9 Å². The Labute approximate surface area is 136 Å². The molecule has 23 heavy (non-hydrogen) atoms. The van der Waals surface area contributed by atoms with Crippen LogP contribution in [0.3, 0.4) is 0 Å². The van der Waals surface area contributed by atoms with E-state index in [0.717, 1.165) is 25.9 Å². The van der Waals surface area contributed by atoms with Crippen molar-refractivity contribution in [2.24, 2.45) is 5.92 Å². The quantitative estimate of drug-likeness (QED) is 0.947. The number of aromatic nitrogens is 1. The van der Waals surface area contributed by atoms with Crippen molar-refractivity contribution in [3.63, 3.8) is 0 Å². The predicted octanol–water partition coefficient (Wildman–Crippen LogP) is 3.10. The number of fused-ring (bicyclic) bond motifs is 2. The minimum atomic E-state index is -0.647. The number of hydrogen-bond donors (Lipinski definition) is 1. The first kappa shape index (κ1) is 14.8. The topological polar surface area (TPSA) is 45.5 Å². The zero-order valence-electron chi connectivity index (χ0n) is 13.8. The summed E-state index contributed by atoms with van der Waals surface area (Å²) in [6.07, 6.45) is 4.12. The SMILES string of the molecule is CCN1CC(C(=O)O)C[C@@H]2c3cccc4c3c(cn4CC)C[C@H]21. The standard InChI is InChI=1S/C19H24N2O2/c1-3-20-10-12-9-17-15(14-6-5-7-16(20)18(12)14)8-13(19(22)23)11-21(17)4-2/h5-7,10,13,15,17H,3-4,8-9,11H2,1-2H3,(H,22,23)/t13?,15-,17-/m1/s1. The summed E-state index contributed by atoms with van der Waals surface area (Å²) in [4.78, 5) is 14.0. The van der Waals surface area contributed by atoms with Crippen LogP contribution in [0.15, 0.2) is 24.4 Å². The summed E-state index contributed by atoms with van der Waals surface area (Å²) >= 11 is 0. The number of piperidine rings is 1. The van der Waals surface area contributed by atoms with E-state index in [-0.39, 0.29) is 5.92 Å². The zero-order valence-corrected chi connectivity index (χ0v) is 13.8. The Morgan fingerprint density at radius 3 is 2.83 bits per heavy atom. The number of rotatable bonds is 3. The summed E-state index contributed by atoms with van der Waals surface area (Å²) in [5.41, 5.74) is 4.11. The van der Waals surface area contributed by atoms with Gasteiger partial charge in [0.25, 0.3) is 0 Å². The largest absolute Gasteiger partial charge is 0.481 e.